The Kier molecular flexibility index (Phi) is 4.00. The first-order chi connectivity index (χ1) is 10.0. The Labute approximate surface area is 133 Å². The number of thiazole rings is 1. The Bertz CT molecular complexity index is 663. The van der Waals surface area contributed by atoms with Crippen LogP contribution in [0.15, 0.2) is 24.3 Å². The average Bonchev–Trinajstić information content (AvgIpc) is 2.89. The molecule has 0 saturated heterocycles. The van der Waals surface area contributed by atoms with Gasteiger partial charge in [0.15, 0.2) is 0 Å². The second-order valence-corrected chi connectivity index (χ2v) is 7.08. The van der Waals surface area contributed by atoms with E-state index in [9.17, 15) is 4.79 Å². The van der Waals surface area contributed by atoms with Crippen molar-refractivity contribution >= 4 is 28.8 Å². The van der Waals surface area contributed by atoms with Gasteiger partial charge in [0.1, 0.15) is 5.01 Å². The third kappa shape index (κ3) is 2.97. The van der Waals surface area contributed by atoms with Gasteiger partial charge in [0, 0.05) is 34.3 Å². The summed E-state index contributed by atoms with van der Waals surface area (Å²) in [6.45, 7) is 5.36. The maximum atomic E-state index is 12.1. The van der Waals surface area contributed by atoms with E-state index in [0.717, 1.165) is 34.3 Å². The van der Waals surface area contributed by atoms with E-state index >= 15 is 0 Å². The zero-order chi connectivity index (χ0) is 15.0. The van der Waals surface area contributed by atoms with Gasteiger partial charge in [-0.3, -0.25) is 4.79 Å². The molecule has 0 aliphatic carbocycles. The predicted molar refractivity (Wildman–Crippen MR) is 86.5 cm³/mol. The normalized spacial score (nSPS) is 14.4. The quantitative estimate of drug-likeness (QED) is 0.837. The lowest BCUT2D eigenvalue weighted by Gasteiger charge is -2.27. The summed E-state index contributed by atoms with van der Waals surface area (Å²) in [6, 6.07) is 7.74. The van der Waals surface area contributed by atoms with Crippen LogP contribution in [0, 0.1) is 5.92 Å². The molecule has 3 rings (SSSR count). The molecule has 0 unspecified atom stereocenters. The first kappa shape index (κ1) is 14.5. The van der Waals surface area contributed by atoms with Crippen molar-refractivity contribution in [1.82, 2.24) is 9.88 Å². The van der Waals surface area contributed by atoms with Crippen molar-refractivity contribution in [3.8, 4) is 10.6 Å². The first-order valence-corrected chi connectivity index (χ1v) is 8.27. The number of benzene rings is 1. The summed E-state index contributed by atoms with van der Waals surface area (Å²) >= 11 is 7.60. The summed E-state index contributed by atoms with van der Waals surface area (Å²) in [6.07, 6.45) is 0.845. The molecule has 3 nitrogen and oxygen atoms in total. The Morgan fingerprint density at radius 1 is 1.33 bits per heavy atom. The highest BCUT2D eigenvalue weighted by Crippen LogP contribution is 2.32. The fraction of sp³-hybridized carbons (Fsp3) is 0.375. The fourth-order valence-electron chi connectivity index (χ4n) is 2.46. The first-order valence-electron chi connectivity index (χ1n) is 7.08. The number of carbonyl (C=O) groups is 1. The van der Waals surface area contributed by atoms with Gasteiger partial charge in [-0.05, 0) is 12.1 Å². The van der Waals surface area contributed by atoms with E-state index in [4.69, 9.17) is 16.6 Å². The number of fused-ring (bicyclic) bond motifs is 1. The van der Waals surface area contributed by atoms with Crippen LogP contribution in [-0.2, 0) is 17.8 Å². The van der Waals surface area contributed by atoms with Crippen LogP contribution in [0.1, 0.15) is 24.4 Å². The highest BCUT2D eigenvalue weighted by Gasteiger charge is 2.25. The summed E-state index contributed by atoms with van der Waals surface area (Å²) in [5, 5.41) is 1.74. The topological polar surface area (TPSA) is 33.2 Å². The largest absolute Gasteiger partial charge is 0.337 e. The SMILES string of the molecule is CC(C)C(=O)N1CCc2nc(-c3ccc(Cl)cc3)sc2C1. The number of nitrogens with zero attached hydrogens (tertiary/aromatic N) is 2. The zero-order valence-electron chi connectivity index (χ0n) is 12.1. The maximum absolute atomic E-state index is 12.1. The van der Waals surface area contributed by atoms with E-state index in [1.807, 2.05) is 43.0 Å². The molecule has 1 aromatic heterocycles. The highest BCUT2D eigenvalue weighted by atomic mass is 35.5. The smallest absolute Gasteiger partial charge is 0.225 e. The molecule has 1 aliphatic rings. The van der Waals surface area contributed by atoms with E-state index in [-0.39, 0.29) is 11.8 Å². The predicted octanol–water partition coefficient (Wildman–Crippen LogP) is 4.00. The lowest BCUT2D eigenvalue weighted by atomic mass is 10.1. The van der Waals surface area contributed by atoms with Gasteiger partial charge in [-0.15, -0.1) is 11.3 Å². The van der Waals surface area contributed by atoms with Gasteiger partial charge >= 0.3 is 0 Å². The number of aromatic nitrogens is 1. The van der Waals surface area contributed by atoms with Crippen molar-refractivity contribution in [2.45, 2.75) is 26.8 Å². The van der Waals surface area contributed by atoms with Crippen molar-refractivity contribution < 1.29 is 4.79 Å². The molecular formula is C16H17ClN2OS. The summed E-state index contributed by atoms with van der Waals surface area (Å²) in [4.78, 5) is 20.0. The van der Waals surface area contributed by atoms with Crippen LogP contribution in [0.3, 0.4) is 0 Å². The molecule has 2 heterocycles. The molecule has 1 aliphatic heterocycles. The van der Waals surface area contributed by atoms with Crippen molar-refractivity contribution in [3.63, 3.8) is 0 Å². The van der Waals surface area contributed by atoms with Crippen LogP contribution < -0.4 is 0 Å². The monoisotopic (exact) mass is 320 g/mol. The molecule has 5 heteroatoms. The van der Waals surface area contributed by atoms with Gasteiger partial charge in [0.05, 0.1) is 12.2 Å². The summed E-state index contributed by atoms with van der Waals surface area (Å²) in [5.41, 5.74) is 2.22. The lowest BCUT2D eigenvalue weighted by Crippen LogP contribution is -2.37. The molecule has 0 radical (unpaired) electrons. The van der Waals surface area contributed by atoms with Crippen molar-refractivity contribution in [2.75, 3.05) is 6.54 Å². The van der Waals surface area contributed by atoms with Crippen molar-refractivity contribution in [1.29, 1.82) is 0 Å². The van der Waals surface area contributed by atoms with E-state index in [2.05, 4.69) is 0 Å². The third-order valence-electron chi connectivity index (χ3n) is 3.63. The van der Waals surface area contributed by atoms with Crippen LogP contribution >= 0.6 is 22.9 Å². The van der Waals surface area contributed by atoms with Crippen molar-refractivity contribution in [2.24, 2.45) is 5.92 Å². The number of hydrogen-bond acceptors (Lipinski definition) is 3. The standard InChI is InChI=1S/C16H17ClN2OS/c1-10(2)16(20)19-8-7-13-14(9-19)21-15(18-13)11-3-5-12(17)6-4-11/h3-6,10H,7-9H2,1-2H3. The number of halogens is 1. The minimum absolute atomic E-state index is 0.0511. The van der Waals surface area contributed by atoms with Gasteiger partial charge in [0.25, 0.3) is 0 Å². The molecule has 0 atom stereocenters. The van der Waals surface area contributed by atoms with Gasteiger partial charge in [-0.25, -0.2) is 4.98 Å². The molecule has 0 spiro atoms. The zero-order valence-corrected chi connectivity index (χ0v) is 13.7. The van der Waals surface area contributed by atoms with Gasteiger partial charge in [0.2, 0.25) is 5.91 Å². The van der Waals surface area contributed by atoms with Crippen molar-refractivity contribution in [3.05, 3.63) is 39.9 Å². The second-order valence-electron chi connectivity index (χ2n) is 5.56. The van der Waals surface area contributed by atoms with E-state index in [1.54, 1.807) is 11.3 Å². The van der Waals surface area contributed by atoms with Gasteiger partial charge in [-0.1, -0.05) is 37.6 Å². The molecule has 110 valence electrons. The Morgan fingerprint density at radius 2 is 2.05 bits per heavy atom. The second kappa shape index (κ2) is 5.78. The van der Waals surface area contributed by atoms with E-state index in [0.29, 0.717) is 6.54 Å². The van der Waals surface area contributed by atoms with Gasteiger partial charge < -0.3 is 4.90 Å². The van der Waals surface area contributed by atoms with Crippen LogP contribution in [0.2, 0.25) is 5.02 Å². The molecule has 0 bridgehead atoms. The molecule has 2 aromatic rings. The summed E-state index contributed by atoms with van der Waals surface area (Å²) in [7, 11) is 0. The molecule has 1 amide bonds. The number of rotatable bonds is 2. The van der Waals surface area contributed by atoms with Crippen LogP contribution in [0.25, 0.3) is 10.6 Å². The molecule has 0 fully saturated rings. The molecule has 21 heavy (non-hydrogen) atoms. The third-order valence-corrected chi connectivity index (χ3v) is 5.01. The fourth-order valence-corrected chi connectivity index (χ4v) is 3.72. The van der Waals surface area contributed by atoms with Gasteiger partial charge in [-0.2, -0.15) is 0 Å². The minimum Gasteiger partial charge on any atom is -0.337 e. The summed E-state index contributed by atoms with van der Waals surface area (Å²) in [5.74, 6) is 0.275. The number of amides is 1. The average molecular weight is 321 g/mol. The Balaban J connectivity index is 1.84. The Morgan fingerprint density at radius 3 is 2.71 bits per heavy atom. The molecule has 0 saturated carbocycles. The lowest BCUT2D eigenvalue weighted by molar-refractivity contribution is -0.135. The van der Waals surface area contributed by atoms with Crippen LogP contribution in [-0.4, -0.2) is 22.3 Å². The molecule has 0 N–H and O–H groups in total. The molecule has 1 aromatic carbocycles. The highest BCUT2D eigenvalue weighted by molar-refractivity contribution is 7.15. The van der Waals surface area contributed by atoms with Crippen LogP contribution in [0.5, 0.6) is 0 Å². The number of hydrogen-bond donors (Lipinski definition) is 0. The maximum Gasteiger partial charge on any atom is 0.225 e. The van der Waals surface area contributed by atoms with E-state index in [1.165, 1.54) is 4.88 Å². The number of carbonyl (C=O) groups excluding carboxylic acids is 1. The van der Waals surface area contributed by atoms with Crippen LogP contribution in [0.4, 0.5) is 0 Å². The minimum atomic E-state index is 0.0511. The summed E-state index contributed by atoms with van der Waals surface area (Å²) < 4.78 is 0. The Hall–Kier alpha value is -1.39. The molecular weight excluding hydrogens is 304 g/mol. The van der Waals surface area contributed by atoms with E-state index < -0.39 is 0 Å².